The molecule has 26 heavy (non-hydrogen) atoms. The monoisotopic (exact) mass is 348 g/mol. The molecule has 3 N–H and O–H groups in total. The van der Waals surface area contributed by atoms with Gasteiger partial charge in [-0.15, -0.1) is 0 Å². The zero-order valence-corrected chi connectivity index (χ0v) is 14.4. The molecule has 0 saturated heterocycles. The van der Waals surface area contributed by atoms with Crippen molar-refractivity contribution in [1.29, 1.82) is 0 Å². The highest BCUT2D eigenvalue weighted by molar-refractivity contribution is 5.98. The highest BCUT2D eigenvalue weighted by Gasteiger charge is 2.17. The molecular formula is C20H20N4O2. The SMILES string of the molecule is CC(NC(=O)Cn1cc(C(N)=O)c(-c2ccccc2)n1)c1ccccc1. The van der Waals surface area contributed by atoms with Crippen LogP contribution in [0.25, 0.3) is 11.3 Å². The first-order chi connectivity index (χ1) is 12.5. The summed E-state index contributed by atoms with van der Waals surface area (Å²) >= 11 is 0. The molecule has 3 aromatic rings. The number of amides is 2. The Kier molecular flexibility index (Phi) is 5.12. The van der Waals surface area contributed by atoms with Gasteiger partial charge in [-0.1, -0.05) is 60.7 Å². The van der Waals surface area contributed by atoms with Crippen LogP contribution in [-0.4, -0.2) is 21.6 Å². The van der Waals surface area contributed by atoms with Crippen LogP contribution in [0.2, 0.25) is 0 Å². The third-order valence-corrected chi connectivity index (χ3v) is 4.06. The molecule has 0 radical (unpaired) electrons. The van der Waals surface area contributed by atoms with Crippen molar-refractivity contribution in [3.63, 3.8) is 0 Å². The van der Waals surface area contributed by atoms with E-state index >= 15 is 0 Å². The Labute approximate surface area is 151 Å². The van der Waals surface area contributed by atoms with E-state index in [4.69, 9.17) is 5.73 Å². The number of rotatable bonds is 6. The molecule has 1 heterocycles. The van der Waals surface area contributed by atoms with Gasteiger partial charge in [0.25, 0.3) is 5.91 Å². The third-order valence-electron chi connectivity index (χ3n) is 4.06. The second-order valence-corrected chi connectivity index (χ2v) is 6.02. The van der Waals surface area contributed by atoms with Crippen molar-refractivity contribution in [2.24, 2.45) is 5.73 Å². The van der Waals surface area contributed by atoms with Gasteiger partial charge in [0, 0.05) is 11.8 Å². The standard InChI is InChI=1S/C20H20N4O2/c1-14(15-8-4-2-5-9-15)22-18(25)13-24-12-17(20(21)26)19(23-24)16-10-6-3-7-11-16/h2-12,14H,13H2,1H3,(H2,21,26)(H,22,25). The van der Waals surface area contributed by atoms with Crippen molar-refractivity contribution in [1.82, 2.24) is 15.1 Å². The maximum absolute atomic E-state index is 12.3. The number of nitrogens with one attached hydrogen (secondary N) is 1. The number of nitrogens with zero attached hydrogens (tertiary/aromatic N) is 2. The van der Waals surface area contributed by atoms with Gasteiger partial charge in [0.1, 0.15) is 12.2 Å². The molecule has 1 atom stereocenters. The summed E-state index contributed by atoms with van der Waals surface area (Å²) in [4.78, 5) is 24.1. The first kappa shape index (κ1) is 17.4. The Morgan fingerprint density at radius 3 is 2.31 bits per heavy atom. The number of aromatic nitrogens is 2. The highest BCUT2D eigenvalue weighted by atomic mass is 16.2. The third kappa shape index (κ3) is 3.97. The van der Waals surface area contributed by atoms with E-state index < -0.39 is 5.91 Å². The van der Waals surface area contributed by atoms with Crippen LogP contribution < -0.4 is 11.1 Å². The zero-order chi connectivity index (χ0) is 18.5. The van der Waals surface area contributed by atoms with Crippen LogP contribution in [0.3, 0.4) is 0 Å². The van der Waals surface area contributed by atoms with Gasteiger partial charge in [-0.25, -0.2) is 0 Å². The second kappa shape index (κ2) is 7.65. The van der Waals surface area contributed by atoms with Crippen molar-refractivity contribution >= 4 is 11.8 Å². The lowest BCUT2D eigenvalue weighted by molar-refractivity contribution is -0.122. The maximum Gasteiger partial charge on any atom is 0.252 e. The highest BCUT2D eigenvalue weighted by Crippen LogP contribution is 2.21. The fourth-order valence-electron chi connectivity index (χ4n) is 2.75. The molecule has 0 saturated carbocycles. The largest absolute Gasteiger partial charge is 0.365 e. The molecule has 1 aromatic heterocycles. The van der Waals surface area contributed by atoms with E-state index in [-0.39, 0.29) is 18.5 Å². The summed E-state index contributed by atoms with van der Waals surface area (Å²) in [5.74, 6) is -0.771. The lowest BCUT2D eigenvalue weighted by atomic mass is 10.1. The van der Waals surface area contributed by atoms with Crippen molar-refractivity contribution in [3.8, 4) is 11.3 Å². The number of hydrogen-bond donors (Lipinski definition) is 2. The predicted octanol–water partition coefficient (Wildman–Crippen LogP) is 2.53. The Bertz CT molecular complexity index is 904. The van der Waals surface area contributed by atoms with E-state index in [1.807, 2.05) is 67.6 Å². The van der Waals surface area contributed by atoms with Gasteiger partial charge in [-0.2, -0.15) is 5.10 Å². The fourth-order valence-corrected chi connectivity index (χ4v) is 2.75. The molecule has 6 nitrogen and oxygen atoms in total. The Balaban J connectivity index is 1.76. The maximum atomic E-state index is 12.3. The lowest BCUT2D eigenvalue weighted by Crippen LogP contribution is -2.30. The van der Waals surface area contributed by atoms with Gasteiger partial charge in [0.05, 0.1) is 11.6 Å². The molecule has 0 aliphatic heterocycles. The van der Waals surface area contributed by atoms with Crippen LogP contribution in [-0.2, 0) is 11.3 Å². The average molecular weight is 348 g/mol. The number of hydrogen-bond acceptors (Lipinski definition) is 3. The molecule has 2 aromatic carbocycles. The van der Waals surface area contributed by atoms with Crippen molar-refractivity contribution in [2.45, 2.75) is 19.5 Å². The minimum atomic E-state index is -0.576. The van der Waals surface area contributed by atoms with Crippen LogP contribution in [0.1, 0.15) is 28.9 Å². The molecule has 0 spiro atoms. The number of carbonyl (C=O) groups excluding carboxylic acids is 2. The van der Waals surface area contributed by atoms with Crippen molar-refractivity contribution < 1.29 is 9.59 Å². The van der Waals surface area contributed by atoms with Crippen molar-refractivity contribution in [3.05, 3.63) is 78.0 Å². The summed E-state index contributed by atoms with van der Waals surface area (Å²) in [6.45, 7) is 1.92. The average Bonchev–Trinajstić information content (AvgIpc) is 3.07. The van der Waals surface area contributed by atoms with Crippen LogP contribution in [0, 0.1) is 0 Å². The normalized spacial score (nSPS) is 11.7. The smallest absolute Gasteiger partial charge is 0.252 e. The topological polar surface area (TPSA) is 90.0 Å². The van der Waals surface area contributed by atoms with E-state index in [2.05, 4.69) is 10.4 Å². The first-order valence-corrected chi connectivity index (χ1v) is 8.31. The van der Waals surface area contributed by atoms with E-state index in [1.165, 1.54) is 10.9 Å². The molecule has 6 heteroatoms. The number of carbonyl (C=O) groups is 2. The van der Waals surface area contributed by atoms with Crippen LogP contribution in [0.5, 0.6) is 0 Å². The van der Waals surface area contributed by atoms with E-state index in [9.17, 15) is 9.59 Å². The van der Waals surface area contributed by atoms with Gasteiger partial charge in [-0.05, 0) is 12.5 Å². The van der Waals surface area contributed by atoms with Gasteiger partial charge >= 0.3 is 0 Å². The zero-order valence-electron chi connectivity index (χ0n) is 14.4. The van der Waals surface area contributed by atoms with Crippen LogP contribution in [0.15, 0.2) is 66.9 Å². The Morgan fingerprint density at radius 2 is 1.69 bits per heavy atom. The summed E-state index contributed by atoms with van der Waals surface area (Å²) in [6, 6.07) is 18.8. The molecule has 0 fully saturated rings. The van der Waals surface area contributed by atoms with Gasteiger partial charge < -0.3 is 11.1 Å². The number of primary amides is 1. The van der Waals surface area contributed by atoms with Gasteiger partial charge in [0.15, 0.2) is 0 Å². The summed E-state index contributed by atoms with van der Waals surface area (Å²) in [7, 11) is 0. The van der Waals surface area contributed by atoms with E-state index in [1.54, 1.807) is 0 Å². The first-order valence-electron chi connectivity index (χ1n) is 8.31. The van der Waals surface area contributed by atoms with Gasteiger partial charge in [-0.3, -0.25) is 14.3 Å². The molecule has 0 aliphatic rings. The summed E-state index contributed by atoms with van der Waals surface area (Å²) < 4.78 is 1.44. The van der Waals surface area contributed by atoms with Crippen LogP contribution in [0.4, 0.5) is 0 Å². The molecule has 132 valence electrons. The molecule has 1 unspecified atom stereocenters. The van der Waals surface area contributed by atoms with E-state index in [0.29, 0.717) is 11.3 Å². The van der Waals surface area contributed by atoms with E-state index in [0.717, 1.165) is 11.1 Å². The predicted molar refractivity (Wildman–Crippen MR) is 99.2 cm³/mol. The quantitative estimate of drug-likeness (QED) is 0.717. The molecule has 2 amide bonds. The lowest BCUT2D eigenvalue weighted by Gasteiger charge is -2.14. The minimum absolute atomic E-state index is 0.00425. The summed E-state index contributed by atoms with van der Waals surface area (Å²) in [5, 5.41) is 7.30. The second-order valence-electron chi connectivity index (χ2n) is 6.02. The summed E-state index contributed by atoms with van der Waals surface area (Å²) in [5.41, 5.74) is 8.02. The van der Waals surface area contributed by atoms with Gasteiger partial charge in [0.2, 0.25) is 5.91 Å². The Morgan fingerprint density at radius 1 is 1.08 bits per heavy atom. The number of benzene rings is 2. The van der Waals surface area contributed by atoms with Crippen molar-refractivity contribution in [2.75, 3.05) is 0 Å². The number of nitrogens with two attached hydrogens (primary N) is 1. The minimum Gasteiger partial charge on any atom is -0.365 e. The Hall–Kier alpha value is -3.41. The summed E-state index contributed by atoms with van der Waals surface area (Å²) in [6.07, 6.45) is 1.51. The van der Waals surface area contributed by atoms with Crippen LogP contribution >= 0.6 is 0 Å². The molecule has 0 bridgehead atoms. The molecule has 3 rings (SSSR count). The molecular weight excluding hydrogens is 328 g/mol. The molecule has 0 aliphatic carbocycles. The fraction of sp³-hybridized carbons (Fsp3) is 0.150.